The smallest absolute Gasteiger partial charge is 0.462 e. The summed E-state index contributed by atoms with van der Waals surface area (Å²) >= 11 is 0. The predicted octanol–water partition coefficient (Wildman–Crippen LogP) is 7.96. The number of terminal acetylenes is 1. The van der Waals surface area contributed by atoms with E-state index in [-0.39, 0.29) is 74.9 Å². The predicted molar refractivity (Wildman–Crippen MR) is 226 cm³/mol. The molecule has 9 rings (SSSR count). The molecule has 61 heavy (non-hydrogen) atoms. The van der Waals surface area contributed by atoms with Crippen molar-refractivity contribution in [3.05, 3.63) is 77.5 Å². The number of anilines is 1. The number of phenols is 1. The maximum atomic E-state index is 16.6. The van der Waals surface area contributed by atoms with E-state index in [2.05, 4.69) is 30.5 Å². The second-order valence-electron chi connectivity index (χ2n) is 15.2. The van der Waals surface area contributed by atoms with Crippen molar-refractivity contribution in [1.82, 2.24) is 24.5 Å². The maximum Gasteiger partial charge on any atom is 0.462 e. The summed E-state index contributed by atoms with van der Waals surface area (Å²) in [6, 6.07) is 11.8. The summed E-state index contributed by atoms with van der Waals surface area (Å²) in [4.78, 5) is 29.2. The van der Waals surface area contributed by atoms with Crippen LogP contribution in [0.2, 0.25) is 0 Å². The third kappa shape index (κ3) is 8.76. The van der Waals surface area contributed by atoms with E-state index in [4.69, 9.17) is 20.2 Å². The minimum Gasteiger partial charge on any atom is -0.508 e. The van der Waals surface area contributed by atoms with Crippen molar-refractivity contribution in [3.63, 3.8) is 0 Å². The molecule has 2 aromatic heterocycles. The molecule has 4 aliphatic rings. The Kier molecular flexibility index (Phi) is 13.5. The molecule has 5 aromatic rings. The van der Waals surface area contributed by atoms with Gasteiger partial charge in [0, 0.05) is 69.1 Å². The number of piperazine rings is 1. The average Bonchev–Trinajstić information content (AvgIpc) is 3.92. The molecular weight excluding hydrogens is 812 g/mol. The van der Waals surface area contributed by atoms with E-state index >= 15 is 4.39 Å². The molecule has 322 valence electrons. The summed E-state index contributed by atoms with van der Waals surface area (Å²) in [7, 11) is 0.701. The summed E-state index contributed by atoms with van der Waals surface area (Å²) in [5.41, 5.74) is -0.0502. The van der Waals surface area contributed by atoms with Crippen LogP contribution in [0.15, 0.2) is 54.7 Å². The van der Waals surface area contributed by atoms with Crippen molar-refractivity contribution in [3.8, 4) is 41.1 Å². The number of methoxy groups -OCH3 is 2. The number of halogens is 3. The number of nitrogens with zero attached hydrogens (tertiary/aromatic N) is 6. The summed E-state index contributed by atoms with van der Waals surface area (Å²) in [5.74, 6) is 1.15. The molecule has 3 aromatic carbocycles. The Morgan fingerprint density at radius 1 is 1.02 bits per heavy atom. The number of fused-ring (bicyclic) bond motifs is 5. The number of ether oxygens (including phenoxy) is 2. The number of para-hydroxylation sites is 1. The number of aromatic hydroxyl groups is 1. The normalized spacial score (nSPS) is 21.8. The molecule has 4 fully saturated rings. The molecule has 0 spiro atoms. The number of aldehydes is 1. The summed E-state index contributed by atoms with van der Waals surface area (Å²) in [5, 5.41) is 11.4. The number of rotatable bonds is 9. The largest absolute Gasteiger partial charge is 0.508 e. The molecule has 0 radical (unpaired) electrons. The Morgan fingerprint density at radius 3 is 2.43 bits per heavy atom. The fraction of sp³-hybridized carbons (Fsp3) is 0.409. The molecule has 0 amide bonds. The lowest BCUT2D eigenvalue weighted by atomic mass is 9.96. The van der Waals surface area contributed by atoms with Gasteiger partial charge >= 0.3 is 13.8 Å². The van der Waals surface area contributed by atoms with Gasteiger partial charge in [0.25, 0.3) is 0 Å². The molecule has 0 saturated carbocycles. The third-order valence-corrected chi connectivity index (χ3v) is 13.5. The highest BCUT2D eigenvalue weighted by Gasteiger charge is 2.52. The molecule has 5 atom stereocenters. The van der Waals surface area contributed by atoms with Crippen LogP contribution in [0.25, 0.3) is 32.9 Å². The Bertz CT molecular complexity index is 2480. The van der Waals surface area contributed by atoms with Crippen molar-refractivity contribution in [2.75, 3.05) is 59.0 Å². The zero-order valence-corrected chi connectivity index (χ0v) is 35.3. The van der Waals surface area contributed by atoms with Gasteiger partial charge in [-0.3, -0.25) is 19.2 Å². The van der Waals surface area contributed by atoms with Crippen LogP contribution in [0.1, 0.15) is 54.9 Å². The fourth-order valence-corrected chi connectivity index (χ4v) is 11.1. The number of alkyl halides is 1. The minimum absolute atomic E-state index is 0.0916. The fourth-order valence-electron chi connectivity index (χ4n) is 8.86. The van der Waals surface area contributed by atoms with Gasteiger partial charge in [-0.05, 0) is 81.3 Å². The molecule has 4 unspecified atom stereocenters. The molecule has 13 nitrogen and oxygen atoms in total. The van der Waals surface area contributed by atoms with Crippen LogP contribution in [0.3, 0.4) is 0 Å². The van der Waals surface area contributed by atoms with Crippen molar-refractivity contribution in [2.45, 2.75) is 63.3 Å². The number of benzene rings is 3. The van der Waals surface area contributed by atoms with E-state index in [0.717, 1.165) is 13.0 Å². The number of phenolic OH excluding ortho intramolecular Hbond substituents is 1. The molecule has 6 heterocycles. The number of carbonyl (C=O) groups is 1. The first-order valence-corrected chi connectivity index (χ1v) is 21.6. The van der Waals surface area contributed by atoms with Crippen LogP contribution in [0.5, 0.6) is 17.5 Å². The molecule has 2 bridgehead atoms. The second kappa shape index (κ2) is 18.8. The molecule has 0 aliphatic carbocycles. The lowest BCUT2D eigenvalue weighted by Crippen LogP contribution is -2.53. The molecule has 1 N–H and O–H groups in total. The first-order chi connectivity index (χ1) is 29.5. The zero-order chi connectivity index (χ0) is 43.4. The number of carbonyl (C=O) groups excluding carboxylic acids is 1. The summed E-state index contributed by atoms with van der Waals surface area (Å²) < 4.78 is 81.6. The third-order valence-electron chi connectivity index (χ3n) is 11.3. The summed E-state index contributed by atoms with van der Waals surface area (Å²) in [6.45, 7) is 4.35. The number of hydrogen-bond donors (Lipinski definition) is 1. The number of aromatic nitrogens is 3. The van der Waals surface area contributed by atoms with Crippen molar-refractivity contribution >= 4 is 41.5 Å². The van der Waals surface area contributed by atoms with E-state index in [0.29, 0.717) is 56.0 Å². The van der Waals surface area contributed by atoms with Crippen LogP contribution in [-0.2, 0) is 13.8 Å². The highest BCUT2D eigenvalue weighted by atomic mass is 31.2. The second-order valence-corrected chi connectivity index (χ2v) is 17.1. The minimum atomic E-state index is -3.91. The van der Waals surface area contributed by atoms with Gasteiger partial charge in [-0.2, -0.15) is 14.6 Å². The Morgan fingerprint density at radius 2 is 1.75 bits per heavy atom. The van der Waals surface area contributed by atoms with Gasteiger partial charge in [0.2, 0.25) is 0 Å². The van der Waals surface area contributed by atoms with Gasteiger partial charge in [0.15, 0.2) is 12.1 Å². The van der Waals surface area contributed by atoms with E-state index < -0.39 is 25.6 Å². The number of hydrogen-bond acceptors (Lipinski definition) is 12. The van der Waals surface area contributed by atoms with Gasteiger partial charge in [-0.25, -0.2) is 17.7 Å². The zero-order valence-electron chi connectivity index (χ0n) is 34.4. The van der Waals surface area contributed by atoms with Crippen molar-refractivity contribution in [2.24, 2.45) is 0 Å². The van der Waals surface area contributed by atoms with E-state index in [1.807, 2.05) is 4.90 Å². The molecule has 4 saturated heterocycles. The quantitative estimate of drug-likeness (QED) is 0.0872. The van der Waals surface area contributed by atoms with Gasteiger partial charge < -0.3 is 24.0 Å². The van der Waals surface area contributed by atoms with Crippen molar-refractivity contribution in [1.29, 1.82) is 0 Å². The highest BCUT2D eigenvalue weighted by Crippen LogP contribution is 2.59. The Labute approximate surface area is 352 Å². The highest BCUT2D eigenvalue weighted by molar-refractivity contribution is 7.51. The van der Waals surface area contributed by atoms with Gasteiger partial charge in [-0.15, -0.1) is 6.42 Å². The lowest BCUT2D eigenvalue weighted by molar-refractivity contribution is 0.112. The first-order valence-electron chi connectivity index (χ1n) is 20.1. The Balaban J connectivity index is 0.000000403. The van der Waals surface area contributed by atoms with Crippen LogP contribution < -0.4 is 14.2 Å². The standard InChI is InChI=1S/C35H30F2N5O6P.C7H12FN.C2H6O/c1-4-25-28(36)13-10-20-14-24(44)15-26(30(20)25)32-31(37)33-27(16-38-32)34(40-35(39-33)46-3)41-17-22-11-12-23(18-41)42(22)49(45,47-5-2)48-29-9-7-6-8-21(29)19-43;8-6-4-7-2-1-3-9(7)5-6;1-3-2/h1,6-10,13-16,19,22-23,44H,5,11-12,17-18H2,2-3H3;6-7H,1-5H2;1-2H3/t;6-,7?;/m.1./s1. The summed E-state index contributed by atoms with van der Waals surface area (Å²) in [6.07, 6.45) is 11.9. The van der Waals surface area contributed by atoms with Crippen LogP contribution in [0.4, 0.5) is 19.0 Å². The van der Waals surface area contributed by atoms with Crippen LogP contribution >= 0.6 is 7.75 Å². The van der Waals surface area contributed by atoms with Gasteiger partial charge in [-0.1, -0.05) is 24.1 Å². The van der Waals surface area contributed by atoms with Crippen LogP contribution in [0, 0.1) is 24.0 Å². The average molecular weight is 861 g/mol. The molecular formula is C44H48F3N6O7P. The lowest BCUT2D eigenvalue weighted by Gasteiger charge is -2.43. The van der Waals surface area contributed by atoms with Crippen molar-refractivity contribution < 1.29 is 46.2 Å². The number of pyridine rings is 1. The molecule has 4 aliphatic heterocycles. The van der Waals surface area contributed by atoms with Gasteiger partial charge in [0.05, 0.1) is 30.2 Å². The topological polar surface area (TPSA) is 140 Å². The first kappa shape index (κ1) is 43.8. The molecule has 17 heteroatoms. The van der Waals surface area contributed by atoms with Crippen LogP contribution in [-0.4, -0.2) is 114 Å². The van der Waals surface area contributed by atoms with E-state index in [1.165, 1.54) is 50.4 Å². The SMILES string of the molecule is C#Cc1c(F)ccc2cc(O)cc(-c3ncc4c(N5CC6CCC(C5)N6P(=O)(OCC)Oc5ccccc5C=O)nc(OC)nc4c3F)c12.COC.F[C@@H]1CC2CCCN2C1. The monoisotopic (exact) mass is 860 g/mol. The van der Waals surface area contributed by atoms with Gasteiger partial charge in [0.1, 0.15) is 40.5 Å². The van der Waals surface area contributed by atoms with E-state index in [9.17, 15) is 23.2 Å². The maximum absolute atomic E-state index is 16.6. The Hall–Kier alpha value is -5.30. The van der Waals surface area contributed by atoms with E-state index in [1.54, 1.807) is 50.1 Å².